The molecule has 0 radical (unpaired) electrons. The van der Waals surface area contributed by atoms with Gasteiger partial charge in [-0.3, -0.25) is 0 Å². The van der Waals surface area contributed by atoms with E-state index in [1.165, 1.54) is 6.07 Å². The zero-order chi connectivity index (χ0) is 15.9. The number of carboxylic acids is 1. The maximum Gasteiger partial charge on any atom is 0.354 e. The summed E-state index contributed by atoms with van der Waals surface area (Å²) in [5.74, 6) is -0.710. The van der Waals surface area contributed by atoms with E-state index in [0.717, 1.165) is 10.9 Å². The number of aromatic nitrogens is 1. The standard InChI is InChI=1S/C10H7NO2.C7H9NO/c12-10(13)9-6-5-7-3-1-2-4-8(7)11-9;8-5-6-1-3-7(9)4-2-6/h1-6H,(H,12,13);1-4,9H,5,8H2. The summed E-state index contributed by atoms with van der Waals surface area (Å²) in [5.41, 5.74) is 7.15. The molecule has 0 atom stereocenters. The summed E-state index contributed by atoms with van der Waals surface area (Å²) in [6.45, 7) is 0.528. The Kier molecular flexibility index (Phi) is 5.06. The van der Waals surface area contributed by atoms with Crippen molar-refractivity contribution in [3.63, 3.8) is 0 Å². The van der Waals surface area contributed by atoms with E-state index in [0.29, 0.717) is 12.1 Å². The number of nitrogens with two attached hydrogens (primary N) is 1. The number of benzene rings is 2. The Morgan fingerprint density at radius 1 is 1.00 bits per heavy atom. The lowest BCUT2D eigenvalue weighted by atomic mass is 10.2. The number of carbonyl (C=O) groups is 1. The van der Waals surface area contributed by atoms with Crippen LogP contribution < -0.4 is 5.73 Å². The molecule has 1 aromatic heterocycles. The zero-order valence-electron chi connectivity index (χ0n) is 11.8. The number of hydrogen-bond acceptors (Lipinski definition) is 4. The average Bonchev–Trinajstić information content (AvgIpc) is 2.55. The van der Waals surface area contributed by atoms with E-state index in [4.69, 9.17) is 15.9 Å². The van der Waals surface area contributed by atoms with Crippen molar-refractivity contribution in [1.29, 1.82) is 0 Å². The van der Waals surface area contributed by atoms with Crippen LogP contribution in [0.5, 0.6) is 5.75 Å². The first-order valence-electron chi connectivity index (χ1n) is 6.67. The molecule has 1 heterocycles. The highest BCUT2D eigenvalue weighted by Crippen LogP contribution is 2.11. The Hall–Kier alpha value is -2.92. The second kappa shape index (κ2) is 7.19. The Morgan fingerprint density at radius 2 is 1.68 bits per heavy atom. The quantitative estimate of drug-likeness (QED) is 0.675. The van der Waals surface area contributed by atoms with Crippen molar-refractivity contribution in [2.24, 2.45) is 5.73 Å². The van der Waals surface area contributed by atoms with Crippen molar-refractivity contribution in [3.8, 4) is 5.75 Å². The van der Waals surface area contributed by atoms with Gasteiger partial charge in [0.2, 0.25) is 0 Å². The predicted octanol–water partition coefficient (Wildman–Crippen LogP) is 2.78. The van der Waals surface area contributed by atoms with Gasteiger partial charge in [-0.1, -0.05) is 36.4 Å². The van der Waals surface area contributed by atoms with Gasteiger partial charge < -0.3 is 15.9 Å². The van der Waals surface area contributed by atoms with Crippen molar-refractivity contribution < 1.29 is 15.0 Å². The highest BCUT2D eigenvalue weighted by molar-refractivity contribution is 5.89. The minimum Gasteiger partial charge on any atom is -0.508 e. The number of fused-ring (bicyclic) bond motifs is 1. The molecule has 22 heavy (non-hydrogen) atoms. The van der Waals surface area contributed by atoms with E-state index in [2.05, 4.69) is 4.98 Å². The van der Waals surface area contributed by atoms with E-state index in [-0.39, 0.29) is 11.4 Å². The van der Waals surface area contributed by atoms with Gasteiger partial charge in [-0.15, -0.1) is 0 Å². The highest BCUT2D eigenvalue weighted by atomic mass is 16.4. The zero-order valence-corrected chi connectivity index (χ0v) is 11.8. The lowest BCUT2D eigenvalue weighted by Crippen LogP contribution is -1.99. The van der Waals surface area contributed by atoms with Gasteiger partial charge in [-0.2, -0.15) is 0 Å². The lowest BCUT2D eigenvalue weighted by Gasteiger charge is -1.97. The second-order valence-corrected chi connectivity index (χ2v) is 4.56. The molecular weight excluding hydrogens is 280 g/mol. The predicted molar refractivity (Wildman–Crippen MR) is 84.7 cm³/mol. The maximum atomic E-state index is 10.6. The third kappa shape index (κ3) is 4.04. The van der Waals surface area contributed by atoms with E-state index in [1.807, 2.05) is 18.2 Å². The summed E-state index contributed by atoms with van der Waals surface area (Å²) in [6.07, 6.45) is 0. The van der Waals surface area contributed by atoms with E-state index < -0.39 is 5.97 Å². The summed E-state index contributed by atoms with van der Waals surface area (Å²) in [4.78, 5) is 14.6. The molecule has 0 unspecified atom stereocenters. The van der Waals surface area contributed by atoms with Crippen LogP contribution in [0.1, 0.15) is 16.1 Å². The molecule has 0 saturated carbocycles. The van der Waals surface area contributed by atoms with E-state index >= 15 is 0 Å². The van der Waals surface area contributed by atoms with Gasteiger partial charge >= 0.3 is 5.97 Å². The first kappa shape index (κ1) is 15.5. The van der Waals surface area contributed by atoms with E-state index in [9.17, 15) is 4.79 Å². The molecule has 3 rings (SSSR count). The van der Waals surface area contributed by atoms with E-state index in [1.54, 1.807) is 36.4 Å². The summed E-state index contributed by atoms with van der Waals surface area (Å²) >= 11 is 0. The van der Waals surface area contributed by atoms with Gasteiger partial charge in [0.05, 0.1) is 5.52 Å². The Balaban J connectivity index is 0.000000172. The summed E-state index contributed by atoms with van der Waals surface area (Å²) in [5, 5.41) is 18.4. The molecule has 2 aromatic carbocycles. The highest BCUT2D eigenvalue weighted by Gasteiger charge is 2.03. The monoisotopic (exact) mass is 296 g/mol. The molecule has 0 fully saturated rings. The molecule has 0 bridgehead atoms. The van der Waals surface area contributed by atoms with Crippen LogP contribution >= 0.6 is 0 Å². The summed E-state index contributed by atoms with van der Waals surface area (Å²) < 4.78 is 0. The second-order valence-electron chi connectivity index (χ2n) is 4.56. The topological polar surface area (TPSA) is 96.4 Å². The fraction of sp³-hybridized carbons (Fsp3) is 0.0588. The smallest absolute Gasteiger partial charge is 0.354 e. The van der Waals surface area contributed by atoms with Crippen LogP contribution in [0.25, 0.3) is 10.9 Å². The summed E-state index contributed by atoms with van der Waals surface area (Å²) in [7, 11) is 0. The number of rotatable bonds is 2. The molecule has 3 aromatic rings. The fourth-order valence-corrected chi connectivity index (χ4v) is 1.82. The number of phenolic OH excluding ortho intramolecular Hbond substituents is 1. The van der Waals surface area contributed by atoms with Crippen molar-refractivity contribution in [1.82, 2.24) is 4.98 Å². The average molecular weight is 296 g/mol. The number of para-hydroxylation sites is 1. The number of hydrogen-bond donors (Lipinski definition) is 3. The Bertz CT molecular complexity index is 770. The van der Waals surface area contributed by atoms with Crippen molar-refractivity contribution in [2.45, 2.75) is 6.54 Å². The van der Waals surface area contributed by atoms with Crippen LogP contribution in [-0.4, -0.2) is 21.2 Å². The molecule has 0 aliphatic rings. The third-order valence-electron chi connectivity index (χ3n) is 2.99. The van der Waals surface area contributed by atoms with Gasteiger partial charge in [0, 0.05) is 11.9 Å². The number of carboxylic acid groups (broad SMARTS) is 1. The van der Waals surface area contributed by atoms with Gasteiger partial charge in [0.25, 0.3) is 0 Å². The summed E-state index contributed by atoms with van der Waals surface area (Å²) in [6, 6.07) is 17.5. The molecule has 0 saturated heterocycles. The Labute approximate surface area is 127 Å². The van der Waals surface area contributed by atoms with Crippen molar-refractivity contribution >= 4 is 16.9 Å². The van der Waals surface area contributed by atoms with Crippen molar-refractivity contribution in [3.05, 3.63) is 71.9 Å². The lowest BCUT2D eigenvalue weighted by molar-refractivity contribution is 0.0691. The minimum absolute atomic E-state index is 0.0821. The maximum absolute atomic E-state index is 10.6. The largest absolute Gasteiger partial charge is 0.508 e. The first-order chi connectivity index (χ1) is 10.6. The van der Waals surface area contributed by atoms with Crippen molar-refractivity contribution in [2.75, 3.05) is 0 Å². The van der Waals surface area contributed by atoms with Gasteiger partial charge in [0.15, 0.2) is 0 Å². The van der Waals surface area contributed by atoms with Gasteiger partial charge in [-0.05, 0) is 29.8 Å². The van der Waals surface area contributed by atoms with Crippen LogP contribution in [0.4, 0.5) is 0 Å². The molecule has 5 heteroatoms. The number of aromatic carboxylic acids is 1. The SMILES string of the molecule is NCc1ccc(O)cc1.O=C(O)c1ccc2ccccc2n1. The minimum atomic E-state index is -0.995. The molecule has 0 aliphatic carbocycles. The molecular formula is C17H16N2O3. The molecule has 0 aliphatic heterocycles. The number of pyridine rings is 1. The molecule has 5 nitrogen and oxygen atoms in total. The molecule has 4 N–H and O–H groups in total. The molecule has 0 amide bonds. The Morgan fingerprint density at radius 3 is 2.32 bits per heavy atom. The molecule has 0 spiro atoms. The number of phenols is 1. The van der Waals surface area contributed by atoms with Crippen LogP contribution in [-0.2, 0) is 6.54 Å². The van der Waals surface area contributed by atoms with Crippen LogP contribution in [0.3, 0.4) is 0 Å². The third-order valence-corrected chi connectivity index (χ3v) is 2.99. The van der Waals surface area contributed by atoms with Crippen LogP contribution in [0, 0.1) is 0 Å². The normalized spacial score (nSPS) is 9.86. The van der Waals surface area contributed by atoms with Gasteiger partial charge in [-0.25, -0.2) is 9.78 Å². The number of nitrogens with zero attached hydrogens (tertiary/aromatic N) is 1. The fourth-order valence-electron chi connectivity index (χ4n) is 1.82. The van der Waals surface area contributed by atoms with Gasteiger partial charge in [0.1, 0.15) is 11.4 Å². The first-order valence-corrected chi connectivity index (χ1v) is 6.67. The van der Waals surface area contributed by atoms with Crippen LogP contribution in [0.15, 0.2) is 60.7 Å². The number of aromatic hydroxyl groups is 1. The van der Waals surface area contributed by atoms with Crippen LogP contribution in [0.2, 0.25) is 0 Å². The molecule has 112 valence electrons.